The van der Waals surface area contributed by atoms with Gasteiger partial charge in [0, 0.05) is 72.6 Å². The van der Waals surface area contributed by atoms with Gasteiger partial charge in [0.25, 0.3) is 0 Å². The molecule has 0 atom stereocenters. The average molecular weight is 362 g/mol. The molecule has 0 unspecified atom stereocenters. The monoisotopic (exact) mass is 362 g/mol. The van der Waals surface area contributed by atoms with Crippen molar-refractivity contribution < 1.29 is 4.39 Å². The van der Waals surface area contributed by atoms with Crippen molar-refractivity contribution in [2.24, 2.45) is 0 Å². The first-order chi connectivity index (χ1) is 13.3. The molecule has 0 spiro atoms. The van der Waals surface area contributed by atoms with E-state index in [0.717, 1.165) is 50.0 Å². The van der Waals surface area contributed by atoms with Crippen LogP contribution in [0.2, 0.25) is 0 Å². The number of aromatic nitrogens is 2. The number of rotatable bonds is 4. The minimum atomic E-state index is -0.170. The van der Waals surface area contributed by atoms with Gasteiger partial charge in [-0.1, -0.05) is 6.07 Å². The third-order valence-electron chi connectivity index (χ3n) is 5.71. The molecule has 27 heavy (non-hydrogen) atoms. The van der Waals surface area contributed by atoms with Crippen LogP contribution in [-0.2, 0) is 6.42 Å². The van der Waals surface area contributed by atoms with Gasteiger partial charge >= 0.3 is 0 Å². The highest BCUT2D eigenvalue weighted by atomic mass is 19.1. The number of benzene rings is 2. The molecule has 138 valence electrons. The first-order valence-corrected chi connectivity index (χ1v) is 9.57. The lowest BCUT2D eigenvalue weighted by Crippen LogP contribution is -2.47. The van der Waals surface area contributed by atoms with Gasteiger partial charge in [0.05, 0.1) is 0 Å². The van der Waals surface area contributed by atoms with E-state index in [1.54, 1.807) is 6.07 Å². The maximum atomic E-state index is 13.5. The lowest BCUT2D eigenvalue weighted by Gasteiger charge is -2.36. The summed E-state index contributed by atoms with van der Waals surface area (Å²) in [5, 5.41) is 2.31. The van der Waals surface area contributed by atoms with Crippen LogP contribution in [0.25, 0.3) is 21.8 Å². The zero-order chi connectivity index (χ0) is 18.2. The molecular weight excluding hydrogens is 339 g/mol. The van der Waals surface area contributed by atoms with Crippen molar-refractivity contribution in [2.45, 2.75) is 6.42 Å². The summed E-state index contributed by atoms with van der Waals surface area (Å²) in [6.07, 6.45) is 4.97. The van der Waals surface area contributed by atoms with Crippen LogP contribution in [0.4, 0.5) is 10.1 Å². The Labute approximate surface area is 157 Å². The Morgan fingerprint density at radius 3 is 2.63 bits per heavy atom. The second kappa shape index (κ2) is 6.74. The van der Waals surface area contributed by atoms with Crippen molar-refractivity contribution in [3.05, 3.63) is 66.2 Å². The molecule has 2 N–H and O–H groups in total. The van der Waals surface area contributed by atoms with Crippen LogP contribution in [-0.4, -0.2) is 47.6 Å². The summed E-state index contributed by atoms with van der Waals surface area (Å²) >= 11 is 0. The Hall–Kier alpha value is -2.79. The van der Waals surface area contributed by atoms with Crippen LogP contribution in [0, 0.1) is 5.82 Å². The molecule has 0 saturated carbocycles. The fraction of sp³-hybridized carbons (Fsp3) is 0.273. The predicted octanol–water partition coefficient (Wildman–Crippen LogP) is 4.15. The molecular formula is C22H23FN4. The van der Waals surface area contributed by atoms with Gasteiger partial charge < -0.3 is 14.9 Å². The lowest BCUT2D eigenvalue weighted by molar-refractivity contribution is 0.261. The Morgan fingerprint density at radius 1 is 0.889 bits per heavy atom. The molecule has 0 bridgehead atoms. The Kier molecular flexibility index (Phi) is 4.09. The van der Waals surface area contributed by atoms with E-state index in [9.17, 15) is 4.39 Å². The van der Waals surface area contributed by atoms with Crippen LogP contribution in [0.1, 0.15) is 5.56 Å². The largest absolute Gasteiger partial charge is 0.368 e. The Morgan fingerprint density at radius 2 is 1.74 bits per heavy atom. The number of nitrogens with one attached hydrogen (secondary N) is 2. The third kappa shape index (κ3) is 3.08. The normalized spacial score (nSPS) is 15.8. The van der Waals surface area contributed by atoms with Crippen LogP contribution in [0.3, 0.4) is 0 Å². The average Bonchev–Trinajstić information content (AvgIpc) is 3.33. The molecule has 3 heterocycles. The number of anilines is 1. The maximum absolute atomic E-state index is 13.5. The summed E-state index contributed by atoms with van der Waals surface area (Å²) in [4.78, 5) is 11.5. The van der Waals surface area contributed by atoms with Crippen LogP contribution in [0.15, 0.2) is 54.9 Å². The second-order valence-electron chi connectivity index (χ2n) is 7.30. The van der Waals surface area contributed by atoms with Gasteiger partial charge in [-0.15, -0.1) is 0 Å². The fourth-order valence-electron chi connectivity index (χ4n) is 4.19. The SMILES string of the molecule is Fc1ccc2[nH]cc(CCN3CCN(c4cccc5[nH]ccc45)CC3)c2c1. The number of H-pyrrole nitrogens is 2. The van der Waals surface area contributed by atoms with E-state index in [4.69, 9.17) is 0 Å². The molecule has 5 rings (SSSR count). The van der Waals surface area contributed by atoms with Crippen molar-refractivity contribution in [2.75, 3.05) is 37.6 Å². The number of hydrogen-bond acceptors (Lipinski definition) is 2. The van der Waals surface area contributed by atoms with Crippen LogP contribution in [0.5, 0.6) is 0 Å². The van der Waals surface area contributed by atoms with Crippen molar-refractivity contribution >= 4 is 27.5 Å². The van der Waals surface area contributed by atoms with Crippen molar-refractivity contribution in [3.8, 4) is 0 Å². The van der Waals surface area contributed by atoms with Gasteiger partial charge in [0.1, 0.15) is 5.82 Å². The van der Waals surface area contributed by atoms with Gasteiger partial charge in [-0.05, 0) is 48.4 Å². The molecule has 0 radical (unpaired) electrons. The zero-order valence-electron chi connectivity index (χ0n) is 15.2. The van der Waals surface area contributed by atoms with E-state index >= 15 is 0 Å². The fourth-order valence-corrected chi connectivity index (χ4v) is 4.19. The highest BCUT2D eigenvalue weighted by Crippen LogP contribution is 2.27. The summed E-state index contributed by atoms with van der Waals surface area (Å²) < 4.78 is 13.5. The number of aromatic amines is 2. The molecule has 2 aromatic carbocycles. The summed E-state index contributed by atoms with van der Waals surface area (Å²) in [6, 6.07) is 13.6. The van der Waals surface area contributed by atoms with Gasteiger partial charge in [-0.25, -0.2) is 4.39 Å². The van der Waals surface area contributed by atoms with Crippen molar-refractivity contribution in [1.82, 2.24) is 14.9 Å². The first-order valence-electron chi connectivity index (χ1n) is 9.57. The highest BCUT2D eigenvalue weighted by molar-refractivity contribution is 5.92. The van der Waals surface area contributed by atoms with E-state index in [2.05, 4.69) is 44.0 Å². The van der Waals surface area contributed by atoms with Crippen molar-refractivity contribution in [3.63, 3.8) is 0 Å². The quantitative estimate of drug-likeness (QED) is 0.572. The molecule has 5 heteroatoms. The molecule has 1 aliphatic rings. The van der Waals surface area contributed by atoms with E-state index in [1.807, 2.05) is 18.5 Å². The molecule has 4 nitrogen and oxygen atoms in total. The number of halogens is 1. The lowest BCUT2D eigenvalue weighted by atomic mass is 10.1. The predicted molar refractivity (Wildman–Crippen MR) is 109 cm³/mol. The minimum absolute atomic E-state index is 0.170. The molecule has 1 aliphatic heterocycles. The van der Waals surface area contributed by atoms with Gasteiger partial charge in [0.15, 0.2) is 0 Å². The molecule has 1 fully saturated rings. The smallest absolute Gasteiger partial charge is 0.123 e. The topological polar surface area (TPSA) is 38.1 Å². The molecule has 2 aromatic heterocycles. The van der Waals surface area contributed by atoms with Crippen molar-refractivity contribution in [1.29, 1.82) is 0 Å². The van der Waals surface area contributed by atoms with E-state index < -0.39 is 0 Å². The van der Waals surface area contributed by atoms with E-state index in [0.29, 0.717) is 0 Å². The van der Waals surface area contributed by atoms with Crippen LogP contribution >= 0.6 is 0 Å². The maximum Gasteiger partial charge on any atom is 0.123 e. The number of nitrogens with zero attached hydrogens (tertiary/aromatic N) is 2. The minimum Gasteiger partial charge on any atom is -0.368 e. The van der Waals surface area contributed by atoms with E-state index in [-0.39, 0.29) is 5.82 Å². The van der Waals surface area contributed by atoms with Gasteiger partial charge in [-0.2, -0.15) is 0 Å². The second-order valence-corrected chi connectivity index (χ2v) is 7.30. The summed E-state index contributed by atoms with van der Waals surface area (Å²) in [5.41, 5.74) is 4.72. The number of piperazine rings is 1. The first kappa shape index (κ1) is 16.4. The summed E-state index contributed by atoms with van der Waals surface area (Å²) in [6.45, 7) is 5.18. The Bertz CT molecular complexity index is 1070. The van der Waals surface area contributed by atoms with Crippen LogP contribution < -0.4 is 4.90 Å². The summed E-state index contributed by atoms with van der Waals surface area (Å²) in [5.74, 6) is -0.170. The molecule has 0 amide bonds. The zero-order valence-corrected chi connectivity index (χ0v) is 15.2. The third-order valence-corrected chi connectivity index (χ3v) is 5.71. The van der Waals surface area contributed by atoms with E-state index in [1.165, 1.54) is 28.2 Å². The van der Waals surface area contributed by atoms with Gasteiger partial charge in [-0.3, -0.25) is 4.90 Å². The number of hydrogen-bond donors (Lipinski definition) is 2. The Balaban J connectivity index is 1.23. The van der Waals surface area contributed by atoms with Gasteiger partial charge in [0.2, 0.25) is 0 Å². The summed E-state index contributed by atoms with van der Waals surface area (Å²) in [7, 11) is 0. The standard InChI is InChI=1S/C22H23FN4/c23-17-4-5-21-19(14-17)16(15-25-21)7-9-26-10-12-27(13-11-26)22-3-1-2-20-18(22)6-8-24-20/h1-6,8,14-15,24-25H,7,9-13H2. The molecule has 4 aromatic rings. The molecule has 0 aliphatic carbocycles. The number of fused-ring (bicyclic) bond motifs is 2. The highest BCUT2D eigenvalue weighted by Gasteiger charge is 2.19. The molecule has 1 saturated heterocycles.